The summed E-state index contributed by atoms with van der Waals surface area (Å²) in [7, 11) is 0. The summed E-state index contributed by atoms with van der Waals surface area (Å²) >= 11 is 0. The van der Waals surface area contributed by atoms with Gasteiger partial charge in [-0.3, -0.25) is 4.79 Å². The largest absolute Gasteiger partial charge is 0.462 e. The first-order valence-corrected chi connectivity index (χ1v) is 13.6. The number of rotatable bonds is 6. The Kier molecular flexibility index (Phi) is 8.72. The summed E-state index contributed by atoms with van der Waals surface area (Å²) in [5, 5.41) is 0. The maximum absolute atomic E-state index is 11.5. The monoisotopic (exact) mass is 430 g/mol. The third-order valence-electron chi connectivity index (χ3n) is 9.53. The number of ether oxygens (including phenoxy) is 1. The fourth-order valence-electron chi connectivity index (χ4n) is 7.44. The van der Waals surface area contributed by atoms with Gasteiger partial charge in [0.05, 0.1) is 0 Å². The Hall–Kier alpha value is -0.790. The predicted molar refractivity (Wildman–Crippen MR) is 131 cm³/mol. The molecule has 0 saturated heterocycles. The standard InChI is InChI=1S/C29H50O2/c1-20(2)9-7-10-21(3)24-11-8-12-28-27(22(4)13-14-24)16-15-25-19-26(31-23(5)30)17-18-29(25,28)6/h15,20-22,24,26-28H,7-14,16-19H2,1-6H3/t21?,22?,24?,26-,27?,28?,29-/m1/s1. The van der Waals surface area contributed by atoms with Crippen LogP contribution in [0.25, 0.3) is 0 Å². The zero-order valence-electron chi connectivity index (χ0n) is 21.4. The van der Waals surface area contributed by atoms with Crippen LogP contribution in [0.3, 0.4) is 0 Å². The fourth-order valence-corrected chi connectivity index (χ4v) is 7.44. The summed E-state index contributed by atoms with van der Waals surface area (Å²) in [6, 6.07) is 0. The second kappa shape index (κ2) is 10.9. The Labute approximate surface area is 193 Å². The topological polar surface area (TPSA) is 26.3 Å². The molecule has 3 aliphatic carbocycles. The van der Waals surface area contributed by atoms with Crippen LogP contribution in [0, 0.1) is 40.9 Å². The lowest BCUT2D eigenvalue weighted by molar-refractivity contribution is -0.148. The summed E-state index contributed by atoms with van der Waals surface area (Å²) in [4.78, 5) is 11.5. The molecule has 3 aliphatic rings. The van der Waals surface area contributed by atoms with Gasteiger partial charge in [0, 0.05) is 13.3 Å². The van der Waals surface area contributed by atoms with E-state index in [-0.39, 0.29) is 12.1 Å². The van der Waals surface area contributed by atoms with E-state index in [1.165, 1.54) is 64.2 Å². The van der Waals surface area contributed by atoms with Crippen LogP contribution in [0.5, 0.6) is 0 Å². The highest BCUT2D eigenvalue weighted by Crippen LogP contribution is 2.57. The van der Waals surface area contributed by atoms with Crippen molar-refractivity contribution in [1.82, 2.24) is 0 Å². The van der Waals surface area contributed by atoms with E-state index in [1.807, 2.05) is 0 Å². The van der Waals surface area contributed by atoms with Crippen LogP contribution in [-0.4, -0.2) is 12.1 Å². The smallest absolute Gasteiger partial charge is 0.302 e. The molecule has 2 saturated carbocycles. The maximum atomic E-state index is 11.5. The fraction of sp³-hybridized carbons (Fsp3) is 0.897. The Balaban J connectivity index is 1.65. The van der Waals surface area contributed by atoms with Gasteiger partial charge in [-0.05, 0) is 73.0 Å². The molecule has 0 radical (unpaired) electrons. The quantitative estimate of drug-likeness (QED) is 0.312. The normalized spacial score (nSPS) is 37.5. The molecule has 0 heterocycles. The maximum Gasteiger partial charge on any atom is 0.302 e. The summed E-state index contributed by atoms with van der Waals surface area (Å²) in [6.07, 6.45) is 18.4. The molecule has 0 spiro atoms. The zero-order chi connectivity index (χ0) is 22.6. The first kappa shape index (κ1) is 24.8. The summed E-state index contributed by atoms with van der Waals surface area (Å²) < 4.78 is 5.61. The van der Waals surface area contributed by atoms with E-state index in [0.717, 1.165) is 48.3 Å². The summed E-state index contributed by atoms with van der Waals surface area (Å²) in [5.41, 5.74) is 1.94. The van der Waals surface area contributed by atoms with Gasteiger partial charge in [-0.2, -0.15) is 0 Å². The van der Waals surface area contributed by atoms with Crippen molar-refractivity contribution in [1.29, 1.82) is 0 Å². The van der Waals surface area contributed by atoms with Gasteiger partial charge in [0.2, 0.25) is 0 Å². The highest BCUT2D eigenvalue weighted by molar-refractivity contribution is 5.66. The third-order valence-corrected chi connectivity index (χ3v) is 9.53. The Morgan fingerprint density at radius 1 is 1.13 bits per heavy atom. The number of fused-ring (bicyclic) bond motifs is 3. The molecule has 0 aromatic carbocycles. The van der Waals surface area contributed by atoms with Crippen LogP contribution in [0.1, 0.15) is 119 Å². The average molecular weight is 431 g/mol. The number of allylic oxidation sites excluding steroid dienone is 1. The Morgan fingerprint density at radius 2 is 1.90 bits per heavy atom. The van der Waals surface area contributed by atoms with Gasteiger partial charge >= 0.3 is 5.97 Å². The average Bonchev–Trinajstić information content (AvgIpc) is 2.77. The summed E-state index contributed by atoms with van der Waals surface area (Å²) in [6.45, 7) is 13.9. The van der Waals surface area contributed by atoms with E-state index in [1.54, 1.807) is 12.5 Å². The molecule has 5 unspecified atom stereocenters. The molecule has 31 heavy (non-hydrogen) atoms. The van der Waals surface area contributed by atoms with Gasteiger partial charge in [-0.15, -0.1) is 0 Å². The lowest BCUT2D eigenvalue weighted by atomic mass is 9.54. The molecule has 3 rings (SSSR count). The van der Waals surface area contributed by atoms with Crippen molar-refractivity contribution in [3.8, 4) is 0 Å². The molecule has 178 valence electrons. The minimum atomic E-state index is -0.118. The van der Waals surface area contributed by atoms with Crippen LogP contribution >= 0.6 is 0 Å². The van der Waals surface area contributed by atoms with Crippen molar-refractivity contribution >= 4 is 5.97 Å². The van der Waals surface area contributed by atoms with E-state index < -0.39 is 0 Å². The minimum absolute atomic E-state index is 0.109. The van der Waals surface area contributed by atoms with Gasteiger partial charge in [-0.1, -0.05) is 84.8 Å². The predicted octanol–water partition coefficient (Wildman–Crippen LogP) is 8.35. The molecule has 0 aromatic rings. The molecular formula is C29H50O2. The van der Waals surface area contributed by atoms with Crippen LogP contribution in [0.15, 0.2) is 11.6 Å². The van der Waals surface area contributed by atoms with Crippen molar-refractivity contribution in [2.24, 2.45) is 40.9 Å². The molecule has 2 heteroatoms. The van der Waals surface area contributed by atoms with Crippen molar-refractivity contribution in [2.45, 2.75) is 125 Å². The van der Waals surface area contributed by atoms with Crippen molar-refractivity contribution in [3.63, 3.8) is 0 Å². The van der Waals surface area contributed by atoms with Gasteiger partial charge in [0.1, 0.15) is 6.10 Å². The SMILES string of the molecule is CC(=O)O[C@@H]1CC[C@]2(C)C(=CCC3C(C)CCC(C(C)CCCC(C)C)CCCC32)C1. The highest BCUT2D eigenvalue weighted by atomic mass is 16.5. The Bertz CT molecular complexity index is 620. The lowest BCUT2D eigenvalue weighted by Gasteiger charge is -2.52. The first-order valence-electron chi connectivity index (χ1n) is 13.6. The van der Waals surface area contributed by atoms with Crippen molar-refractivity contribution < 1.29 is 9.53 Å². The van der Waals surface area contributed by atoms with Crippen LogP contribution < -0.4 is 0 Å². The highest BCUT2D eigenvalue weighted by Gasteiger charge is 2.48. The number of hydrogen-bond donors (Lipinski definition) is 0. The lowest BCUT2D eigenvalue weighted by Crippen LogP contribution is -2.44. The van der Waals surface area contributed by atoms with E-state index in [0.29, 0.717) is 5.41 Å². The molecule has 0 amide bonds. The number of carbonyl (C=O) groups excluding carboxylic acids is 1. The molecule has 0 N–H and O–H groups in total. The van der Waals surface area contributed by atoms with Gasteiger partial charge in [0.15, 0.2) is 0 Å². The van der Waals surface area contributed by atoms with Gasteiger partial charge in [-0.25, -0.2) is 0 Å². The van der Waals surface area contributed by atoms with Crippen molar-refractivity contribution in [2.75, 3.05) is 0 Å². The molecule has 2 nitrogen and oxygen atoms in total. The summed E-state index contributed by atoms with van der Waals surface area (Å²) in [5.74, 6) is 5.02. The third kappa shape index (κ3) is 6.17. The van der Waals surface area contributed by atoms with E-state index in [9.17, 15) is 4.79 Å². The Morgan fingerprint density at radius 3 is 2.61 bits per heavy atom. The first-order chi connectivity index (χ1) is 14.7. The van der Waals surface area contributed by atoms with Crippen molar-refractivity contribution in [3.05, 3.63) is 11.6 Å². The van der Waals surface area contributed by atoms with Gasteiger partial charge < -0.3 is 4.74 Å². The van der Waals surface area contributed by atoms with E-state index >= 15 is 0 Å². The number of hydrogen-bond acceptors (Lipinski definition) is 2. The zero-order valence-corrected chi connectivity index (χ0v) is 21.4. The van der Waals surface area contributed by atoms with E-state index in [4.69, 9.17) is 4.74 Å². The second-order valence-corrected chi connectivity index (χ2v) is 12.2. The van der Waals surface area contributed by atoms with Crippen LogP contribution in [0.4, 0.5) is 0 Å². The minimum Gasteiger partial charge on any atom is -0.462 e. The molecule has 2 fully saturated rings. The molecular weight excluding hydrogens is 380 g/mol. The van der Waals surface area contributed by atoms with Gasteiger partial charge in [0.25, 0.3) is 0 Å². The second-order valence-electron chi connectivity index (χ2n) is 12.2. The number of carbonyl (C=O) groups is 1. The molecule has 0 bridgehead atoms. The van der Waals surface area contributed by atoms with Crippen LogP contribution in [-0.2, 0) is 9.53 Å². The molecule has 0 aliphatic heterocycles. The number of esters is 1. The van der Waals surface area contributed by atoms with E-state index in [2.05, 4.69) is 40.7 Å². The molecule has 7 atom stereocenters. The molecule has 0 aromatic heterocycles. The van der Waals surface area contributed by atoms with Crippen LogP contribution in [0.2, 0.25) is 0 Å².